The van der Waals surface area contributed by atoms with Gasteiger partial charge >= 0.3 is 0 Å². The molecule has 0 radical (unpaired) electrons. The lowest BCUT2D eigenvalue weighted by molar-refractivity contribution is 0.184. The molecule has 0 aliphatic rings. The lowest BCUT2D eigenvalue weighted by Crippen LogP contribution is -2.04. The smallest absolute Gasteiger partial charge is 0.125 e. The predicted octanol–water partition coefficient (Wildman–Crippen LogP) is 3.89. The Morgan fingerprint density at radius 3 is 2.53 bits per heavy atom. The van der Waals surface area contributed by atoms with E-state index in [1.165, 1.54) is 12.1 Å². The third-order valence-corrected chi connectivity index (χ3v) is 2.94. The van der Waals surface area contributed by atoms with E-state index in [1.807, 2.05) is 37.3 Å². The van der Waals surface area contributed by atoms with Gasteiger partial charge in [0, 0.05) is 19.3 Å². The standard InChI is InChI=1S/C16H18FNO/c1-12-7-15(17)9-16(8-12)18-10-13-5-3-4-6-14(13)11-19-2/h3-9,18H,10-11H2,1-2H3. The summed E-state index contributed by atoms with van der Waals surface area (Å²) in [5, 5.41) is 3.25. The fraction of sp³-hybridized carbons (Fsp3) is 0.250. The molecule has 0 unspecified atom stereocenters. The molecule has 2 nitrogen and oxygen atoms in total. The zero-order valence-corrected chi connectivity index (χ0v) is 11.2. The van der Waals surface area contributed by atoms with Crippen LogP contribution in [0.1, 0.15) is 16.7 Å². The summed E-state index contributed by atoms with van der Waals surface area (Å²) in [7, 11) is 1.68. The summed E-state index contributed by atoms with van der Waals surface area (Å²) in [6.07, 6.45) is 0. The Bertz CT molecular complexity index is 534. The van der Waals surface area contributed by atoms with Crippen molar-refractivity contribution in [2.24, 2.45) is 0 Å². The minimum atomic E-state index is -0.215. The molecule has 0 aliphatic carbocycles. The summed E-state index contributed by atoms with van der Waals surface area (Å²) in [4.78, 5) is 0. The molecule has 2 rings (SSSR count). The van der Waals surface area contributed by atoms with Crippen LogP contribution in [0.3, 0.4) is 0 Å². The van der Waals surface area contributed by atoms with Crippen molar-refractivity contribution in [3.63, 3.8) is 0 Å². The Morgan fingerprint density at radius 1 is 1.11 bits per heavy atom. The molecule has 0 fully saturated rings. The van der Waals surface area contributed by atoms with E-state index in [1.54, 1.807) is 7.11 Å². The number of hydrogen-bond acceptors (Lipinski definition) is 2. The molecule has 0 bridgehead atoms. The average molecular weight is 259 g/mol. The second-order valence-electron chi connectivity index (χ2n) is 4.57. The molecule has 0 aromatic heterocycles. The van der Waals surface area contributed by atoms with Gasteiger partial charge in [-0.25, -0.2) is 4.39 Å². The Kier molecular flexibility index (Phi) is 4.53. The van der Waals surface area contributed by atoms with Crippen LogP contribution in [0.25, 0.3) is 0 Å². The van der Waals surface area contributed by atoms with Gasteiger partial charge in [-0.2, -0.15) is 0 Å². The minimum absolute atomic E-state index is 0.215. The van der Waals surface area contributed by atoms with Gasteiger partial charge in [-0.05, 0) is 41.8 Å². The highest BCUT2D eigenvalue weighted by Crippen LogP contribution is 2.16. The maximum Gasteiger partial charge on any atom is 0.125 e. The molecule has 0 aliphatic heterocycles. The number of hydrogen-bond donors (Lipinski definition) is 1. The Hall–Kier alpha value is -1.87. The van der Waals surface area contributed by atoms with Crippen molar-refractivity contribution in [1.29, 1.82) is 0 Å². The second kappa shape index (κ2) is 6.34. The highest BCUT2D eigenvalue weighted by molar-refractivity contribution is 5.47. The number of aryl methyl sites for hydroxylation is 1. The number of methoxy groups -OCH3 is 1. The summed E-state index contributed by atoms with van der Waals surface area (Å²) in [5.41, 5.74) is 4.01. The molecule has 0 atom stereocenters. The van der Waals surface area contributed by atoms with Gasteiger partial charge in [0.05, 0.1) is 6.61 Å². The molecule has 0 heterocycles. The second-order valence-corrected chi connectivity index (χ2v) is 4.57. The van der Waals surface area contributed by atoms with Gasteiger partial charge in [0.1, 0.15) is 5.82 Å². The van der Waals surface area contributed by atoms with Crippen LogP contribution in [-0.4, -0.2) is 7.11 Å². The number of anilines is 1. The van der Waals surface area contributed by atoms with Crippen LogP contribution >= 0.6 is 0 Å². The zero-order chi connectivity index (χ0) is 13.7. The van der Waals surface area contributed by atoms with Crippen molar-refractivity contribution in [3.8, 4) is 0 Å². The van der Waals surface area contributed by atoms with E-state index >= 15 is 0 Å². The molecule has 3 heteroatoms. The van der Waals surface area contributed by atoms with E-state index < -0.39 is 0 Å². The van der Waals surface area contributed by atoms with Gasteiger partial charge in [-0.15, -0.1) is 0 Å². The van der Waals surface area contributed by atoms with E-state index in [0.717, 1.165) is 22.4 Å². The van der Waals surface area contributed by atoms with Crippen LogP contribution in [0, 0.1) is 12.7 Å². The Morgan fingerprint density at radius 2 is 1.84 bits per heavy atom. The Balaban J connectivity index is 2.09. The molecular formula is C16H18FNO. The Labute approximate surface area is 113 Å². The van der Waals surface area contributed by atoms with E-state index in [0.29, 0.717) is 13.2 Å². The van der Waals surface area contributed by atoms with Crippen molar-refractivity contribution in [1.82, 2.24) is 0 Å². The van der Waals surface area contributed by atoms with Crippen LogP contribution in [0.15, 0.2) is 42.5 Å². The molecule has 0 saturated carbocycles. The van der Waals surface area contributed by atoms with Crippen LogP contribution < -0.4 is 5.32 Å². The van der Waals surface area contributed by atoms with Crippen LogP contribution in [-0.2, 0) is 17.9 Å². The molecule has 2 aromatic rings. The van der Waals surface area contributed by atoms with Crippen molar-refractivity contribution >= 4 is 5.69 Å². The fourth-order valence-electron chi connectivity index (χ4n) is 2.06. The summed E-state index contributed by atoms with van der Waals surface area (Å²) in [6, 6.07) is 13.0. The number of nitrogens with one attached hydrogen (secondary N) is 1. The number of halogens is 1. The van der Waals surface area contributed by atoms with E-state index in [4.69, 9.17) is 4.74 Å². The van der Waals surface area contributed by atoms with Crippen molar-refractivity contribution in [2.45, 2.75) is 20.1 Å². The van der Waals surface area contributed by atoms with E-state index in [9.17, 15) is 4.39 Å². The maximum atomic E-state index is 13.3. The molecule has 1 N–H and O–H groups in total. The minimum Gasteiger partial charge on any atom is -0.381 e. The highest BCUT2D eigenvalue weighted by Gasteiger charge is 2.02. The average Bonchev–Trinajstić information content (AvgIpc) is 2.37. The fourth-order valence-corrected chi connectivity index (χ4v) is 2.06. The van der Waals surface area contributed by atoms with Crippen LogP contribution in [0.5, 0.6) is 0 Å². The number of rotatable bonds is 5. The molecule has 19 heavy (non-hydrogen) atoms. The van der Waals surface area contributed by atoms with Crippen molar-refractivity contribution in [3.05, 3.63) is 65.0 Å². The van der Waals surface area contributed by atoms with Crippen molar-refractivity contribution < 1.29 is 9.13 Å². The lowest BCUT2D eigenvalue weighted by Gasteiger charge is -2.11. The van der Waals surface area contributed by atoms with Gasteiger partial charge in [0.15, 0.2) is 0 Å². The third-order valence-electron chi connectivity index (χ3n) is 2.94. The monoisotopic (exact) mass is 259 g/mol. The largest absolute Gasteiger partial charge is 0.381 e. The molecular weight excluding hydrogens is 241 g/mol. The summed E-state index contributed by atoms with van der Waals surface area (Å²) in [5.74, 6) is -0.215. The first-order valence-electron chi connectivity index (χ1n) is 6.26. The van der Waals surface area contributed by atoms with E-state index in [-0.39, 0.29) is 5.82 Å². The topological polar surface area (TPSA) is 21.3 Å². The molecule has 100 valence electrons. The quantitative estimate of drug-likeness (QED) is 0.879. The first-order chi connectivity index (χ1) is 9.19. The summed E-state index contributed by atoms with van der Waals surface area (Å²) in [6.45, 7) is 3.12. The summed E-state index contributed by atoms with van der Waals surface area (Å²) >= 11 is 0. The van der Waals surface area contributed by atoms with Gasteiger partial charge in [-0.3, -0.25) is 0 Å². The maximum absolute atomic E-state index is 13.3. The van der Waals surface area contributed by atoms with Crippen molar-refractivity contribution in [2.75, 3.05) is 12.4 Å². The number of benzene rings is 2. The third kappa shape index (κ3) is 3.80. The first kappa shape index (κ1) is 13.6. The summed E-state index contributed by atoms with van der Waals surface area (Å²) < 4.78 is 18.5. The van der Waals surface area contributed by atoms with Crippen LogP contribution in [0.2, 0.25) is 0 Å². The molecule has 0 amide bonds. The molecule has 0 saturated heterocycles. The SMILES string of the molecule is COCc1ccccc1CNc1cc(C)cc(F)c1. The molecule has 2 aromatic carbocycles. The van der Waals surface area contributed by atoms with Crippen LogP contribution in [0.4, 0.5) is 10.1 Å². The predicted molar refractivity (Wildman–Crippen MR) is 75.6 cm³/mol. The highest BCUT2D eigenvalue weighted by atomic mass is 19.1. The van der Waals surface area contributed by atoms with E-state index in [2.05, 4.69) is 5.32 Å². The molecule has 0 spiro atoms. The van der Waals surface area contributed by atoms with Gasteiger partial charge in [-0.1, -0.05) is 24.3 Å². The zero-order valence-electron chi connectivity index (χ0n) is 11.2. The van der Waals surface area contributed by atoms with Gasteiger partial charge in [0.25, 0.3) is 0 Å². The lowest BCUT2D eigenvalue weighted by atomic mass is 10.1. The van der Waals surface area contributed by atoms with Gasteiger partial charge in [0.2, 0.25) is 0 Å². The number of ether oxygens (including phenoxy) is 1. The first-order valence-corrected chi connectivity index (χ1v) is 6.26. The normalized spacial score (nSPS) is 10.5. The van der Waals surface area contributed by atoms with Gasteiger partial charge < -0.3 is 10.1 Å².